The van der Waals surface area contributed by atoms with Gasteiger partial charge in [-0.05, 0) is 50.6 Å². The Labute approximate surface area is 832 Å². The molecule has 65 heteroatoms. The van der Waals surface area contributed by atoms with Crippen LogP contribution in [0.2, 0.25) is 0 Å². The summed E-state index contributed by atoms with van der Waals surface area (Å²) in [6.07, 6.45) is 6.78. The van der Waals surface area contributed by atoms with Crippen molar-refractivity contribution in [2.45, 2.75) is 92.9 Å². The molecule has 0 saturated carbocycles. The molecule has 6 aliphatic rings. The number of allylic oxidation sites excluding steroid dienone is 3. The Bertz CT molecular complexity index is 5640. The summed E-state index contributed by atoms with van der Waals surface area (Å²) in [5, 5.41) is 30.9. The smallest absolute Gasteiger partial charge is 0.378 e. The number of carbonyl (C=O) groups is 17. The van der Waals surface area contributed by atoms with Crippen molar-refractivity contribution in [3.8, 4) is 0 Å². The molecule has 10 rings (SSSR count). The van der Waals surface area contributed by atoms with Crippen LogP contribution in [0.5, 0.6) is 0 Å². The van der Waals surface area contributed by atoms with E-state index in [1.165, 1.54) is 46.7 Å². The summed E-state index contributed by atoms with van der Waals surface area (Å²) in [7, 11) is 18.3. The molecule has 8 radical (unpaired) electrons. The number of thioether (sulfide) groups is 2. The van der Waals surface area contributed by atoms with Crippen LogP contribution in [0.15, 0.2) is 129 Å². The maximum absolute atomic E-state index is 14.4. The van der Waals surface area contributed by atoms with Gasteiger partial charge < -0.3 is 104 Å². The number of amides is 3. The number of aliphatic hydroxyl groups excluding tert-OH is 1. The van der Waals surface area contributed by atoms with E-state index in [9.17, 15) is 108 Å². The van der Waals surface area contributed by atoms with Crippen molar-refractivity contribution in [3.63, 3.8) is 0 Å². The van der Waals surface area contributed by atoms with Crippen LogP contribution in [0, 0.1) is 38.1 Å². The number of rotatable bonds is 41. The van der Waals surface area contributed by atoms with Crippen molar-refractivity contribution >= 4 is 252 Å². The number of nitroso groups, excluding NO2 is 1. The van der Waals surface area contributed by atoms with Gasteiger partial charge in [-0.15, -0.1) is 28.4 Å². The lowest BCUT2D eigenvalue weighted by atomic mass is 9.84. The molecular weight excluding hydrogens is 2050 g/mol. The molecule has 6 fully saturated rings. The minimum absolute atomic E-state index is 0.0320. The monoisotopic (exact) mass is 2120 g/mol. The Kier molecular flexibility index (Phi) is 47.9. The highest BCUT2D eigenvalue weighted by atomic mass is 35.5. The van der Waals surface area contributed by atoms with Crippen LogP contribution < -0.4 is 22.5 Å². The van der Waals surface area contributed by atoms with Gasteiger partial charge in [0.25, 0.3) is 17.4 Å². The number of aliphatic carboxylic acids is 1. The second kappa shape index (κ2) is 57.5. The molecule has 2 unspecified atom stereocenters. The van der Waals surface area contributed by atoms with Gasteiger partial charge in [-0.3, -0.25) is 43.4 Å². The van der Waals surface area contributed by atoms with E-state index < -0.39 is 252 Å². The largest absolute Gasteiger partial charge is 0.541 e. The third kappa shape index (κ3) is 33.0. The van der Waals surface area contributed by atoms with Crippen LogP contribution in [-0.2, 0) is 159 Å². The lowest BCUT2D eigenvalue weighted by Crippen LogP contribution is -2.80. The molecule has 1 aromatic carbocycles. The number of hydrogen-bond acceptors (Lipinski definition) is 50. The lowest BCUT2D eigenvalue weighted by molar-refractivity contribution is -0.222. The van der Waals surface area contributed by atoms with Gasteiger partial charge in [-0.2, -0.15) is 13.2 Å². The first-order valence-electron chi connectivity index (χ1n) is 39.1. The van der Waals surface area contributed by atoms with Crippen molar-refractivity contribution in [1.82, 2.24) is 30.1 Å². The van der Waals surface area contributed by atoms with Crippen LogP contribution in [0.25, 0.3) is 0 Å². The average molecular weight is 2130 g/mol. The fraction of sp³-hybridized carbons (Fsp3) is 0.377. The second-order valence-electron chi connectivity index (χ2n) is 27.8. The van der Waals surface area contributed by atoms with Crippen molar-refractivity contribution in [3.05, 3.63) is 146 Å². The first kappa shape index (κ1) is 118. The minimum Gasteiger partial charge on any atom is -0.541 e. The van der Waals surface area contributed by atoms with Gasteiger partial charge in [0.2, 0.25) is 93.5 Å². The molecule has 754 valence electrons. The number of thiazole rings is 3. The van der Waals surface area contributed by atoms with Gasteiger partial charge in [0.1, 0.15) is 61.5 Å². The second-order valence-corrected chi connectivity index (χ2v) is 33.8. The summed E-state index contributed by atoms with van der Waals surface area (Å²) in [5.41, 5.74) is 4.49. The van der Waals surface area contributed by atoms with E-state index in [1.54, 1.807) is 12.2 Å². The predicted octanol–water partition coefficient (Wildman–Crippen LogP) is 2.71. The predicted molar refractivity (Wildman–Crippen MR) is 487 cm³/mol. The molecule has 10 atom stereocenters. The Morgan fingerprint density at radius 1 is 0.563 bits per heavy atom. The number of alkyl halides is 4. The normalized spacial score (nSPS) is 19.3. The Morgan fingerprint density at radius 3 is 1.35 bits per heavy atom. The molecule has 6 aliphatic heterocycles. The third-order valence-electron chi connectivity index (χ3n) is 17.6. The number of nitrogen functional groups attached to an aromatic ring is 3. The summed E-state index contributed by atoms with van der Waals surface area (Å²) >= 11 is 13.8. The molecule has 3 aromatic heterocycles. The zero-order chi connectivity index (χ0) is 106. The molecule has 0 bridgehead atoms. The van der Waals surface area contributed by atoms with E-state index in [0.29, 0.717) is 39.8 Å². The van der Waals surface area contributed by atoms with Crippen molar-refractivity contribution < 1.29 is 185 Å². The Morgan fingerprint density at radius 2 is 0.958 bits per heavy atom. The number of oxime groups is 4. The maximum Gasteiger partial charge on any atom is 0.378 e. The number of carbonyl (C=O) groups excluding carboxylic acids is 16. The summed E-state index contributed by atoms with van der Waals surface area (Å²) in [6, 6.07) is 8.45. The van der Waals surface area contributed by atoms with Crippen LogP contribution in [0.1, 0.15) is 69.6 Å². The number of carboxylic acid groups (broad SMARTS) is 1. The highest BCUT2D eigenvalue weighted by Crippen LogP contribution is 2.55. The number of carboxylic acids is 1. The fourth-order valence-electron chi connectivity index (χ4n) is 11.5. The molecule has 0 spiro atoms. The number of aliphatic hydroxyl groups is 1. The van der Waals surface area contributed by atoms with Crippen LogP contribution in [0.3, 0.4) is 0 Å². The zero-order valence-corrected chi connectivity index (χ0v) is 79.3. The molecule has 49 nitrogen and oxygen atoms in total. The van der Waals surface area contributed by atoms with Gasteiger partial charge in [-0.25, -0.2) is 71.7 Å². The van der Waals surface area contributed by atoms with Gasteiger partial charge in [0.15, 0.2) is 32.6 Å². The number of ether oxygens (including phenoxy) is 7. The van der Waals surface area contributed by atoms with E-state index >= 15 is 0 Å². The molecular formula is C77H75B4Cl2F5N14O35S5. The van der Waals surface area contributed by atoms with Gasteiger partial charge >= 0.3 is 104 Å². The minimum atomic E-state index is -2.51. The van der Waals surface area contributed by atoms with Crippen LogP contribution in [0.4, 0.5) is 37.3 Å². The number of halogens is 7. The van der Waals surface area contributed by atoms with Crippen molar-refractivity contribution in [2.75, 3.05) is 88.2 Å². The molecule has 0 aliphatic carbocycles. The number of Topliss-reactive ketones (excluding diaryl/α,β-unsaturated/α-hetero) is 2. The zero-order valence-electron chi connectivity index (χ0n) is 73.7. The molecule has 142 heavy (non-hydrogen) atoms. The SMILES string of the molecule is C=CCOC(=O)C(N=O)=C(O)C(F)Cl.CC(C)=CCOC(=O)[C@]12OC(=O)C[C@H]1CS[C@@H]1[C@H](NC(=O)Cc3ccccc3)C(=O)N12.[B]OC(=O)CO/N=C(\C(=O)C[C@@H]1C(=O)N2[C@@H]1SC[C@@H]1CC(=O)O[C@@]12C(=O)OCC=C(C)C)c1nc(N)sc1F.[B]OC(=O)CO/N=C(\C(=O)O)c1nc(N)sc1F.[B]OC(=O)CO/N=C(\C(=O)OCC=C)C(=O)C(F)Cl.[B]OC(=O)CO/N=C(\C(=O)OCC=C)c1nc(N)sc1F. The quantitative estimate of drug-likeness (QED) is 0.00297. The number of hydrogen-bond donors (Lipinski definition) is 6. The first-order valence-corrected chi connectivity index (χ1v) is 44.6. The molecule has 4 aromatic rings. The van der Waals surface area contributed by atoms with E-state index in [-0.39, 0.29) is 79.4 Å². The number of β-lactam (4-membered cyclic amide) rings is 2. The number of nitrogens with one attached hydrogen (secondary N) is 1. The summed E-state index contributed by atoms with van der Waals surface area (Å²) < 4.78 is 116. The highest BCUT2D eigenvalue weighted by molar-refractivity contribution is 8.00. The molecule has 6 saturated heterocycles. The standard InChI is InChI=1S/C22H22BFN4O9S2.C22H24N2O6S.C10H9BFN3O5S.C9H8BClFNO6.C7H5BFN3O5S.C7H7ClFNO4/c1-9(2)3-4-34-20(33)22-10(5-13(30)36-22)8-38-19-11(18(32)28(19)22)6-12(29)15(27-35-7-14(31)37-23)16-17(24)39-21(25)26-16;1-13(2)8-9-29-21(28)22-15(11-17(26)30-22)12-31-20-18(19(27)24(20)22)23-16(25)10-14-6-4-3-5-7-14;1-2-3-18-9(17)7(15-19-4-5(16)20-11)6-8(12)21-10(13)14-6;1-2-3-17-9(16)6(7(15)8(11)12)13-18-4-5(14)19-10;8-17-2(13)1-16-12-4(6(14)15)3-5(9)18-7(10)11-3;1-2-3-14-7(12)4(10-13)5(11)6(8)9/h3,10-11,19H,4-8H2,1-2H3,(H2,25,26);3-8,15,18,20H,9-12H2,1-2H3,(H,23,25);2H,1,3-4H2,(H2,13,14);2,8H,1,3-4H2;1H2,(H2,10,11)(H,14,15);2,6,11H,1,3H2/b27-15+;;15-7-;13-6-;12-4-;/t10-,11+,19+,22+;15-,18+,20+,22+;;;;/m00..../s1. The highest BCUT2D eigenvalue weighted by Gasteiger charge is 2.73. The number of nitrogens with two attached hydrogens (primary N) is 3. The number of aromatic nitrogens is 3. The molecule has 9 N–H and O–H groups in total. The van der Waals surface area contributed by atoms with Crippen LogP contribution in [-0.4, -0.2) is 301 Å². The average Bonchev–Trinajstić information content (AvgIpc) is 1.46. The maximum atomic E-state index is 14.4. The number of ketones is 2. The van der Waals surface area contributed by atoms with Gasteiger partial charge in [-0.1, -0.05) is 157 Å². The first-order chi connectivity index (χ1) is 67.2. The number of anilines is 3. The number of nitrogens with zero attached hydrogens (tertiary/aromatic N) is 10. The number of benzene rings is 1. The summed E-state index contributed by atoms with van der Waals surface area (Å²) in [4.78, 5) is 243. The third-order valence-corrected chi connectivity index (χ3v) is 22.9. The van der Waals surface area contributed by atoms with Crippen molar-refractivity contribution in [2.24, 2.45) is 43.6 Å². The fourth-order valence-corrected chi connectivity index (χ4v) is 16.6. The topological polar surface area (TPSA) is 683 Å². The van der Waals surface area contributed by atoms with Gasteiger partial charge in [0, 0.05) is 29.8 Å². The van der Waals surface area contributed by atoms with E-state index in [1.807, 2.05) is 58.0 Å². The molecule has 9 heterocycles. The van der Waals surface area contributed by atoms with E-state index in [4.69, 9.17) is 87.2 Å². The molecule has 3 amide bonds. The summed E-state index contributed by atoms with van der Waals surface area (Å²) in [6.45, 7) is 13.6. The number of fused-ring (bicyclic) bond motifs is 6. The van der Waals surface area contributed by atoms with E-state index in [0.717, 1.165) is 21.6 Å². The Balaban J connectivity index is 0.000000312. The van der Waals surface area contributed by atoms with Crippen molar-refractivity contribution in [1.29, 1.82) is 0 Å². The number of esters is 7. The van der Waals surface area contributed by atoms with Crippen LogP contribution >= 0.6 is 80.7 Å². The summed E-state index contributed by atoms with van der Waals surface area (Å²) in [5.74, 6) is -18.2. The van der Waals surface area contributed by atoms with E-state index in [2.05, 4.69) is 133 Å². The van der Waals surface area contributed by atoms with Gasteiger partial charge in [0.05, 0.1) is 30.6 Å². The Hall–Kier alpha value is -14.2. The lowest BCUT2D eigenvalue weighted by Gasteiger charge is -2.57.